The van der Waals surface area contributed by atoms with Crippen molar-refractivity contribution in [3.05, 3.63) is 71.9 Å². The number of H-pyrrole nitrogens is 1. The maximum Gasteiger partial charge on any atom is 0.269 e. The Morgan fingerprint density at radius 3 is 2.44 bits per heavy atom. The number of nitrogens with zero attached hydrogens (tertiary/aromatic N) is 2. The summed E-state index contributed by atoms with van der Waals surface area (Å²) in [6, 6.07) is 16.1. The van der Waals surface area contributed by atoms with Gasteiger partial charge in [0.25, 0.3) is 5.91 Å². The van der Waals surface area contributed by atoms with Crippen LogP contribution in [0, 0.1) is 5.92 Å². The number of nitrogens with one attached hydrogen (secondary N) is 3. The number of hydrogen-bond acceptors (Lipinski definition) is 5. The fourth-order valence-corrected chi connectivity index (χ4v) is 3.83. The van der Waals surface area contributed by atoms with Crippen LogP contribution in [0.5, 0.6) is 5.75 Å². The summed E-state index contributed by atoms with van der Waals surface area (Å²) in [6.07, 6.45) is 5.38. The molecule has 7 heteroatoms. The monoisotopic (exact) mass is 489 g/mol. The van der Waals surface area contributed by atoms with Crippen LogP contribution in [0.25, 0.3) is 16.5 Å². The Hall–Kier alpha value is -3.87. The minimum atomic E-state index is -0.278. The first-order chi connectivity index (χ1) is 17.7. The zero-order valence-electron chi connectivity index (χ0n) is 22.4. The molecule has 1 amide bonds. The molecule has 3 N–H and O–H groups in total. The summed E-state index contributed by atoms with van der Waals surface area (Å²) in [7, 11) is 1.60. The second-order valence-corrected chi connectivity index (χ2v) is 7.26. The first kappa shape index (κ1) is 28.4. The highest BCUT2D eigenvalue weighted by Crippen LogP contribution is 2.36. The summed E-state index contributed by atoms with van der Waals surface area (Å²) in [4.78, 5) is 20.0. The Morgan fingerprint density at radius 2 is 1.75 bits per heavy atom. The molecule has 3 heterocycles. The van der Waals surface area contributed by atoms with Gasteiger partial charge >= 0.3 is 0 Å². The van der Waals surface area contributed by atoms with E-state index in [-0.39, 0.29) is 18.0 Å². The van der Waals surface area contributed by atoms with Gasteiger partial charge < -0.3 is 15.0 Å². The molecule has 0 saturated carbocycles. The molecule has 2 aliphatic rings. The number of ether oxygens (including phenoxy) is 1. The van der Waals surface area contributed by atoms with Gasteiger partial charge in [-0.2, -0.15) is 5.10 Å². The van der Waals surface area contributed by atoms with Crippen LogP contribution < -0.4 is 15.5 Å². The van der Waals surface area contributed by atoms with E-state index in [2.05, 4.69) is 25.8 Å². The molecule has 0 bridgehead atoms. The van der Waals surface area contributed by atoms with Gasteiger partial charge in [-0.3, -0.25) is 15.2 Å². The van der Waals surface area contributed by atoms with Crippen LogP contribution in [-0.2, 0) is 11.4 Å². The van der Waals surface area contributed by atoms with E-state index in [1.165, 1.54) is 0 Å². The quantitative estimate of drug-likeness (QED) is 0.414. The average molecular weight is 490 g/mol. The van der Waals surface area contributed by atoms with E-state index in [9.17, 15) is 4.79 Å². The number of aliphatic imine (C=N–C) groups is 1. The van der Waals surface area contributed by atoms with Crippen LogP contribution in [0.2, 0.25) is 0 Å². The van der Waals surface area contributed by atoms with Gasteiger partial charge in [0.05, 0.1) is 5.92 Å². The molecule has 2 unspecified atom stereocenters. The van der Waals surface area contributed by atoms with Crippen LogP contribution in [0.4, 0.5) is 0 Å². The van der Waals surface area contributed by atoms with Crippen LogP contribution in [-0.4, -0.2) is 36.0 Å². The molecule has 2 atom stereocenters. The number of amides is 1. The van der Waals surface area contributed by atoms with Crippen LogP contribution >= 0.6 is 0 Å². The third kappa shape index (κ3) is 6.42. The Kier molecular flexibility index (Phi) is 11.4. The number of carbonyl (C=O) groups excluding carboxylic acids is 1. The van der Waals surface area contributed by atoms with Crippen molar-refractivity contribution in [1.82, 2.24) is 15.7 Å². The SMILES string of the molecule is CC.CC.CC.CNC(=O)C1=NC2NN=CC2C(c2c[nH]c3ccc(OCc4ccccc4)cc23)=C1. The molecule has 2 aliphatic heterocycles. The normalized spacial score (nSPS) is 16.9. The lowest BCUT2D eigenvalue weighted by molar-refractivity contribution is -0.114. The Labute approximate surface area is 214 Å². The smallest absolute Gasteiger partial charge is 0.269 e. The number of aromatic nitrogens is 1. The number of fused-ring (bicyclic) bond motifs is 2. The van der Waals surface area contributed by atoms with Crippen molar-refractivity contribution in [1.29, 1.82) is 0 Å². The van der Waals surface area contributed by atoms with Gasteiger partial charge in [0.1, 0.15) is 24.2 Å². The molecule has 0 spiro atoms. The first-order valence-corrected chi connectivity index (χ1v) is 12.8. The summed E-state index contributed by atoms with van der Waals surface area (Å²) in [6.45, 7) is 12.5. The number of carbonyl (C=O) groups is 1. The molecule has 1 aromatic heterocycles. The number of rotatable bonds is 5. The Balaban J connectivity index is 0.000000710. The molecule has 7 nitrogen and oxygen atoms in total. The third-order valence-electron chi connectivity index (χ3n) is 5.38. The lowest BCUT2D eigenvalue weighted by Gasteiger charge is -2.23. The molecule has 36 heavy (non-hydrogen) atoms. The zero-order valence-corrected chi connectivity index (χ0v) is 22.4. The fourth-order valence-electron chi connectivity index (χ4n) is 3.83. The molecule has 0 radical (unpaired) electrons. The van der Waals surface area contributed by atoms with Crippen LogP contribution in [0.15, 0.2) is 70.9 Å². The van der Waals surface area contributed by atoms with Crippen molar-refractivity contribution in [2.45, 2.75) is 54.3 Å². The number of hydrazone groups is 1. The second kappa shape index (κ2) is 14.5. The summed E-state index contributed by atoms with van der Waals surface area (Å²) in [5, 5.41) is 7.86. The maximum absolute atomic E-state index is 12.2. The van der Waals surface area contributed by atoms with Crippen molar-refractivity contribution < 1.29 is 9.53 Å². The lowest BCUT2D eigenvalue weighted by Crippen LogP contribution is -2.36. The number of hydrogen-bond donors (Lipinski definition) is 3. The van der Waals surface area contributed by atoms with Crippen molar-refractivity contribution >= 4 is 34.3 Å². The molecule has 3 aromatic rings. The maximum atomic E-state index is 12.2. The molecule has 0 saturated heterocycles. The van der Waals surface area contributed by atoms with Crippen molar-refractivity contribution in [3.8, 4) is 5.75 Å². The minimum Gasteiger partial charge on any atom is -0.489 e. The first-order valence-electron chi connectivity index (χ1n) is 12.8. The summed E-state index contributed by atoms with van der Waals surface area (Å²) in [5.74, 6) is 0.538. The Bertz CT molecular complexity index is 1190. The largest absolute Gasteiger partial charge is 0.489 e. The highest BCUT2D eigenvalue weighted by atomic mass is 16.5. The van der Waals surface area contributed by atoms with Gasteiger partial charge in [-0.05, 0) is 35.4 Å². The summed E-state index contributed by atoms with van der Waals surface area (Å²) in [5.41, 5.74) is 7.49. The van der Waals surface area contributed by atoms with Gasteiger partial charge in [-0.25, -0.2) is 0 Å². The zero-order chi connectivity index (χ0) is 26.5. The lowest BCUT2D eigenvalue weighted by atomic mass is 9.88. The predicted octanol–water partition coefficient (Wildman–Crippen LogP) is 5.94. The van der Waals surface area contributed by atoms with Crippen LogP contribution in [0.3, 0.4) is 0 Å². The standard InChI is InChI=1S/C23H21N5O2.3C2H6/c1-24-23(29)21-10-16(19-12-26-28-22(19)27-21)18-11-25-20-8-7-15(9-17(18)20)30-13-14-5-3-2-4-6-14;3*1-2/h2-12,19,22,25,28H,13H2,1H3,(H,24,29);3*1-2H3. The summed E-state index contributed by atoms with van der Waals surface area (Å²) >= 11 is 0. The van der Waals surface area contributed by atoms with Crippen LogP contribution in [0.1, 0.15) is 52.7 Å². The van der Waals surface area contributed by atoms with Gasteiger partial charge in [0.2, 0.25) is 0 Å². The highest BCUT2D eigenvalue weighted by molar-refractivity contribution is 6.45. The molecular weight excluding hydrogens is 450 g/mol. The molecule has 0 aliphatic carbocycles. The van der Waals surface area contributed by atoms with Gasteiger partial charge in [-0.1, -0.05) is 71.9 Å². The fraction of sp³-hybridized carbons (Fsp3) is 0.345. The Morgan fingerprint density at radius 1 is 1.03 bits per heavy atom. The number of dihydropyridines is 1. The van der Waals surface area contributed by atoms with Gasteiger partial charge in [0, 0.05) is 35.9 Å². The van der Waals surface area contributed by atoms with E-state index >= 15 is 0 Å². The average Bonchev–Trinajstić information content (AvgIpc) is 3.62. The molecular formula is C29H39N5O2. The molecule has 192 valence electrons. The topological polar surface area (TPSA) is 90.9 Å². The third-order valence-corrected chi connectivity index (χ3v) is 5.38. The van der Waals surface area contributed by atoms with E-state index in [4.69, 9.17) is 4.74 Å². The molecule has 0 fully saturated rings. The van der Waals surface area contributed by atoms with E-state index in [0.717, 1.165) is 33.4 Å². The van der Waals surface area contributed by atoms with E-state index in [1.54, 1.807) is 7.05 Å². The number of benzene rings is 2. The van der Waals surface area contributed by atoms with E-state index < -0.39 is 0 Å². The second-order valence-electron chi connectivity index (χ2n) is 7.26. The number of aromatic amines is 1. The van der Waals surface area contributed by atoms with E-state index in [0.29, 0.717) is 12.3 Å². The van der Waals surface area contributed by atoms with Crippen molar-refractivity contribution in [2.75, 3.05) is 7.05 Å². The summed E-state index contributed by atoms with van der Waals surface area (Å²) < 4.78 is 6.02. The van der Waals surface area contributed by atoms with Crippen molar-refractivity contribution in [3.63, 3.8) is 0 Å². The molecule has 2 aromatic carbocycles. The van der Waals surface area contributed by atoms with Gasteiger partial charge in [0.15, 0.2) is 0 Å². The molecule has 5 rings (SSSR count). The van der Waals surface area contributed by atoms with E-state index in [1.807, 2.05) is 109 Å². The van der Waals surface area contributed by atoms with Crippen molar-refractivity contribution in [2.24, 2.45) is 16.0 Å². The minimum absolute atomic E-state index is 0.0358. The van der Waals surface area contributed by atoms with Gasteiger partial charge in [-0.15, -0.1) is 0 Å². The predicted molar refractivity (Wildman–Crippen MR) is 152 cm³/mol. The highest BCUT2D eigenvalue weighted by Gasteiger charge is 2.33.